The van der Waals surface area contributed by atoms with Crippen LogP contribution in [0.1, 0.15) is 44.5 Å². The number of aliphatic hydroxyl groups is 1. The number of aryl methyl sites for hydroxylation is 1. The standard InChI is InChI=1S/C23H29F3N4O3S/c1-12-17(34-11-28-12)13-5-7-14(8-6-13)19(23(24,25)26)29-20(32)16-9-15(31)10-30(16)21(33)18(27)22(2,3)4/h5-8,11,15-16,18-19,31H,9-10,27H2,1-4H3,(H,29,32)/t15-,16+,18-,19-/m1/s1. The van der Waals surface area contributed by atoms with Crippen molar-refractivity contribution in [1.82, 2.24) is 15.2 Å². The molecule has 1 aromatic heterocycles. The number of aliphatic hydroxyl groups excluding tert-OH is 1. The number of halogens is 3. The van der Waals surface area contributed by atoms with Gasteiger partial charge < -0.3 is 21.1 Å². The Morgan fingerprint density at radius 1 is 1.24 bits per heavy atom. The van der Waals surface area contributed by atoms with Crippen LogP contribution in [-0.2, 0) is 9.59 Å². The van der Waals surface area contributed by atoms with E-state index in [9.17, 15) is 27.9 Å². The van der Waals surface area contributed by atoms with Crippen molar-refractivity contribution in [3.8, 4) is 10.4 Å². The average Bonchev–Trinajstić information content (AvgIpc) is 3.35. The molecule has 34 heavy (non-hydrogen) atoms. The normalized spacial score (nSPS) is 20.8. The van der Waals surface area contributed by atoms with Crippen LogP contribution >= 0.6 is 11.3 Å². The summed E-state index contributed by atoms with van der Waals surface area (Å²) in [6.07, 6.45) is -5.97. The molecular weight excluding hydrogens is 469 g/mol. The fourth-order valence-electron chi connectivity index (χ4n) is 3.85. The maximum Gasteiger partial charge on any atom is 0.412 e. The molecule has 2 heterocycles. The Labute approximate surface area is 200 Å². The molecule has 1 saturated heterocycles. The summed E-state index contributed by atoms with van der Waals surface area (Å²) in [7, 11) is 0. The molecule has 4 N–H and O–H groups in total. The van der Waals surface area contributed by atoms with Gasteiger partial charge in [-0.2, -0.15) is 13.2 Å². The summed E-state index contributed by atoms with van der Waals surface area (Å²) in [6, 6.07) is 1.23. The van der Waals surface area contributed by atoms with Crippen molar-refractivity contribution in [3.05, 3.63) is 41.0 Å². The lowest BCUT2D eigenvalue weighted by molar-refractivity contribution is -0.165. The number of carbonyl (C=O) groups excluding carboxylic acids is 2. The highest BCUT2D eigenvalue weighted by Gasteiger charge is 2.47. The van der Waals surface area contributed by atoms with E-state index in [0.29, 0.717) is 0 Å². The smallest absolute Gasteiger partial charge is 0.391 e. The van der Waals surface area contributed by atoms with Crippen molar-refractivity contribution in [1.29, 1.82) is 0 Å². The number of carbonyl (C=O) groups is 2. The Hall–Kier alpha value is -2.50. The number of hydrogen-bond acceptors (Lipinski definition) is 6. The highest BCUT2D eigenvalue weighted by Crippen LogP contribution is 2.35. The summed E-state index contributed by atoms with van der Waals surface area (Å²) in [5.74, 6) is -1.58. The van der Waals surface area contributed by atoms with E-state index in [1.165, 1.54) is 23.5 Å². The molecule has 1 aromatic carbocycles. The summed E-state index contributed by atoms with van der Waals surface area (Å²) in [5, 5.41) is 12.1. The Bertz CT molecular complexity index is 1030. The van der Waals surface area contributed by atoms with Crippen LogP contribution in [0.15, 0.2) is 29.8 Å². The number of β-amino-alcohol motifs (C(OH)–C–C–N with tert-alkyl or cyclic N) is 1. The van der Waals surface area contributed by atoms with Gasteiger partial charge in [0.1, 0.15) is 6.04 Å². The third-order valence-corrected chi connectivity index (χ3v) is 6.91. The molecule has 2 amide bonds. The fraction of sp³-hybridized carbons (Fsp3) is 0.522. The number of rotatable bonds is 5. The number of thiazole rings is 1. The van der Waals surface area contributed by atoms with E-state index in [1.807, 2.05) is 12.2 Å². The van der Waals surface area contributed by atoms with Gasteiger partial charge in [-0.3, -0.25) is 9.59 Å². The summed E-state index contributed by atoms with van der Waals surface area (Å²) in [4.78, 5) is 31.9. The number of alkyl halides is 3. The molecule has 7 nitrogen and oxygen atoms in total. The minimum Gasteiger partial charge on any atom is -0.391 e. The summed E-state index contributed by atoms with van der Waals surface area (Å²) in [5.41, 5.74) is 8.41. The maximum absolute atomic E-state index is 13.9. The number of amides is 2. The van der Waals surface area contributed by atoms with E-state index in [2.05, 4.69) is 4.98 Å². The van der Waals surface area contributed by atoms with Gasteiger partial charge in [-0.05, 0) is 23.5 Å². The second-order valence-corrected chi connectivity index (χ2v) is 10.5. The molecule has 11 heteroatoms. The Morgan fingerprint density at radius 3 is 2.35 bits per heavy atom. The summed E-state index contributed by atoms with van der Waals surface area (Å²) < 4.78 is 41.8. The molecule has 4 atom stereocenters. The molecule has 0 saturated carbocycles. The molecule has 2 aromatic rings. The molecule has 1 fully saturated rings. The number of aromatic nitrogens is 1. The Kier molecular flexibility index (Phi) is 7.40. The van der Waals surface area contributed by atoms with Gasteiger partial charge >= 0.3 is 6.18 Å². The number of likely N-dealkylation sites (tertiary alicyclic amines) is 1. The third-order valence-electron chi connectivity index (χ3n) is 5.93. The first-order valence-electron chi connectivity index (χ1n) is 10.8. The highest BCUT2D eigenvalue weighted by atomic mass is 32.1. The zero-order valence-corrected chi connectivity index (χ0v) is 20.2. The number of nitrogens with one attached hydrogen (secondary N) is 1. The van der Waals surface area contributed by atoms with Gasteiger partial charge in [0.25, 0.3) is 0 Å². The van der Waals surface area contributed by atoms with Crippen molar-refractivity contribution < 1.29 is 27.9 Å². The lowest BCUT2D eigenvalue weighted by Crippen LogP contribution is -2.55. The molecule has 186 valence electrons. The van der Waals surface area contributed by atoms with Gasteiger partial charge in [0.05, 0.1) is 28.2 Å². The zero-order valence-electron chi connectivity index (χ0n) is 19.4. The Morgan fingerprint density at radius 2 is 1.85 bits per heavy atom. The number of benzene rings is 1. The molecule has 0 bridgehead atoms. The van der Waals surface area contributed by atoms with E-state index >= 15 is 0 Å². The van der Waals surface area contributed by atoms with Gasteiger partial charge in [-0.25, -0.2) is 4.98 Å². The second-order valence-electron chi connectivity index (χ2n) is 9.61. The predicted molar refractivity (Wildman–Crippen MR) is 123 cm³/mol. The minimum absolute atomic E-state index is 0.144. The van der Waals surface area contributed by atoms with Crippen molar-refractivity contribution in [2.45, 2.75) is 64.5 Å². The monoisotopic (exact) mass is 498 g/mol. The van der Waals surface area contributed by atoms with Gasteiger partial charge in [0, 0.05) is 13.0 Å². The highest BCUT2D eigenvalue weighted by molar-refractivity contribution is 7.13. The molecular formula is C23H29F3N4O3S. The molecule has 3 rings (SSSR count). The molecule has 0 aliphatic carbocycles. The van der Waals surface area contributed by atoms with Crippen LogP contribution in [0.25, 0.3) is 10.4 Å². The number of nitrogens with two attached hydrogens (primary N) is 1. The van der Waals surface area contributed by atoms with Crippen LogP contribution in [0.2, 0.25) is 0 Å². The van der Waals surface area contributed by atoms with Gasteiger partial charge in [-0.15, -0.1) is 11.3 Å². The largest absolute Gasteiger partial charge is 0.412 e. The predicted octanol–water partition coefficient (Wildman–Crippen LogP) is 3.17. The molecule has 0 radical (unpaired) electrons. The quantitative estimate of drug-likeness (QED) is 0.587. The van der Waals surface area contributed by atoms with Crippen LogP contribution in [-0.4, -0.2) is 57.7 Å². The SMILES string of the molecule is Cc1ncsc1-c1ccc([C@@H](NC(=O)[C@@H]2C[C@@H](O)CN2C(=O)[C@@H](N)C(C)(C)C)C(F)(F)F)cc1. The van der Waals surface area contributed by atoms with E-state index in [0.717, 1.165) is 21.0 Å². The molecule has 0 unspecified atom stereocenters. The van der Waals surface area contributed by atoms with E-state index < -0.39 is 47.6 Å². The van der Waals surface area contributed by atoms with E-state index in [4.69, 9.17) is 5.73 Å². The Balaban J connectivity index is 1.83. The number of hydrogen-bond donors (Lipinski definition) is 3. The van der Waals surface area contributed by atoms with Crippen molar-refractivity contribution in [2.24, 2.45) is 11.1 Å². The lowest BCUT2D eigenvalue weighted by atomic mass is 9.86. The first-order chi connectivity index (χ1) is 15.7. The lowest BCUT2D eigenvalue weighted by Gasteiger charge is -2.33. The summed E-state index contributed by atoms with van der Waals surface area (Å²) >= 11 is 1.38. The average molecular weight is 499 g/mol. The van der Waals surface area contributed by atoms with Crippen molar-refractivity contribution in [2.75, 3.05) is 6.54 Å². The second kappa shape index (κ2) is 9.63. The third kappa shape index (κ3) is 5.59. The maximum atomic E-state index is 13.9. The van der Waals surface area contributed by atoms with Crippen LogP contribution in [0, 0.1) is 12.3 Å². The van der Waals surface area contributed by atoms with Gasteiger partial charge in [0.15, 0.2) is 6.04 Å². The fourth-order valence-corrected chi connectivity index (χ4v) is 4.67. The molecule has 1 aliphatic rings. The molecule has 0 spiro atoms. The van der Waals surface area contributed by atoms with E-state index in [1.54, 1.807) is 38.4 Å². The van der Waals surface area contributed by atoms with Gasteiger partial charge in [0.2, 0.25) is 11.8 Å². The summed E-state index contributed by atoms with van der Waals surface area (Å²) in [6.45, 7) is 6.88. The van der Waals surface area contributed by atoms with Crippen LogP contribution < -0.4 is 11.1 Å². The van der Waals surface area contributed by atoms with Crippen molar-refractivity contribution in [3.63, 3.8) is 0 Å². The van der Waals surface area contributed by atoms with E-state index in [-0.39, 0.29) is 18.5 Å². The number of nitrogens with zero attached hydrogens (tertiary/aromatic N) is 2. The molecule has 1 aliphatic heterocycles. The van der Waals surface area contributed by atoms with Crippen molar-refractivity contribution >= 4 is 23.2 Å². The first-order valence-corrected chi connectivity index (χ1v) is 11.7. The zero-order chi connectivity index (χ0) is 25.4. The first kappa shape index (κ1) is 26.1. The minimum atomic E-state index is -4.77. The van der Waals surface area contributed by atoms with Crippen LogP contribution in [0.3, 0.4) is 0 Å². The van der Waals surface area contributed by atoms with Crippen LogP contribution in [0.4, 0.5) is 13.2 Å². The van der Waals surface area contributed by atoms with Gasteiger partial charge in [-0.1, -0.05) is 45.0 Å². The topological polar surface area (TPSA) is 109 Å². The van der Waals surface area contributed by atoms with Crippen LogP contribution in [0.5, 0.6) is 0 Å².